The molecule has 0 spiro atoms. The minimum Gasteiger partial charge on any atom is -0.457 e. The highest BCUT2D eigenvalue weighted by atomic mass is 32.2. The Bertz CT molecular complexity index is 1200. The summed E-state index contributed by atoms with van der Waals surface area (Å²) in [6, 6.07) is 15.6. The van der Waals surface area contributed by atoms with Gasteiger partial charge < -0.3 is 4.42 Å². The molecule has 10 heteroatoms. The van der Waals surface area contributed by atoms with Crippen LogP contribution in [0.1, 0.15) is 5.76 Å². The molecule has 1 amide bonds. The highest BCUT2D eigenvalue weighted by molar-refractivity contribution is 8.27. The first-order valence-corrected chi connectivity index (χ1v) is 9.75. The van der Waals surface area contributed by atoms with Gasteiger partial charge in [0.25, 0.3) is 11.6 Å². The van der Waals surface area contributed by atoms with Crippen LogP contribution < -0.4 is 4.90 Å². The van der Waals surface area contributed by atoms with Gasteiger partial charge in [-0.15, -0.1) is 4.91 Å². The van der Waals surface area contributed by atoms with Crippen molar-refractivity contribution in [2.24, 2.45) is 5.18 Å². The Morgan fingerprint density at radius 2 is 1.77 bits per heavy atom. The van der Waals surface area contributed by atoms with Gasteiger partial charge in [-0.25, -0.2) is 0 Å². The number of nitroso groups, excluding NO2 is 1. The molecule has 2 aromatic carbocycles. The van der Waals surface area contributed by atoms with Gasteiger partial charge in [-0.2, -0.15) is 0 Å². The van der Waals surface area contributed by atoms with Gasteiger partial charge in [0.05, 0.1) is 15.5 Å². The van der Waals surface area contributed by atoms with E-state index in [1.807, 2.05) is 0 Å². The van der Waals surface area contributed by atoms with Crippen LogP contribution in [0.5, 0.6) is 0 Å². The molecule has 0 saturated carbocycles. The van der Waals surface area contributed by atoms with Gasteiger partial charge in [-0.05, 0) is 53.7 Å². The average Bonchev–Trinajstić information content (AvgIpc) is 3.33. The number of hydrogen-bond donors (Lipinski definition) is 0. The minimum absolute atomic E-state index is 0.00819. The number of carbonyl (C=O) groups is 1. The van der Waals surface area contributed by atoms with E-state index in [2.05, 4.69) is 5.18 Å². The summed E-state index contributed by atoms with van der Waals surface area (Å²) in [5, 5.41) is 13.6. The number of anilines is 1. The largest absolute Gasteiger partial charge is 0.457 e. The van der Waals surface area contributed by atoms with Crippen molar-refractivity contribution in [3.8, 4) is 11.3 Å². The molecule has 0 radical (unpaired) electrons. The van der Waals surface area contributed by atoms with E-state index in [0.29, 0.717) is 32.0 Å². The number of amides is 1. The molecule has 1 fully saturated rings. The fraction of sp³-hybridized carbons (Fsp3) is 0. The van der Waals surface area contributed by atoms with Crippen molar-refractivity contribution in [1.82, 2.24) is 0 Å². The maximum Gasteiger partial charge on any atom is 0.270 e. The number of furan rings is 1. The normalized spacial score (nSPS) is 15.1. The maximum atomic E-state index is 12.8. The van der Waals surface area contributed by atoms with Crippen LogP contribution in [0.2, 0.25) is 0 Å². The number of nitrogens with zero attached hydrogens (tertiary/aromatic N) is 3. The van der Waals surface area contributed by atoms with Gasteiger partial charge in [0, 0.05) is 23.8 Å². The van der Waals surface area contributed by atoms with Crippen LogP contribution in [-0.2, 0) is 4.79 Å². The van der Waals surface area contributed by atoms with Crippen molar-refractivity contribution in [3.05, 3.63) is 86.4 Å². The summed E-state index contributed by atoms with van der Waals surface area (Å²) in [6.07, 6.45) is 1.59. The third-order valence-corrected chi connectivity index (χ3v) is 5.57. The lowest BCUT2D eigenvalue weighted by Crippen LogP contribution is -2.27. The summed E-state index contributed by atoms with van der Waals surface area (Å²) in [7, 11) is 0. The molecule has 30 heavy (non-hydrogen) atoms. The smallest absolute Gasteiger partial charge is 0.270 e. The van der Waals surface area contributed by atoms with Gasteiger partial charge in [-0.1, -0.05) is 24.0 Å². The molecule has 4 rings (SSSR count). The van der Waals surface area contributed by atoms with Gasteiger partial charge in [-0.3, -0.25) is 19.8 Å². The molecule has 0 bridgehead atoms. The Labute approximate surface area is 179 Å². The average molecular weight is 437 g/mol. The van der Waals surface area contributed by atoms with E-state index in [1.165, 1.54) is 29.2 Å². The molecule has 0 aliphatic carbocycles. The lowest BCUT2D eigenvalue weighted by atomic mass is 10.1. The molecule has 1 aliphatic heterocycles. The third kappa shape index (κ3) is 3.78. The molecular formula is C20H11N3O5S2. The van der Waals surface area contributed by atoms with Crippen molar-refractivity contribution in [2.45, 2.75) is 0 Å². The Hall–Kier alpha value is -3.63. The molecular weight excluding hydrogens is 426 g/mol. The van der Waals surface area contributed by atoms with Crippen molar-refractivity contribution in [1.29, 1.82) is 0 Å². The molecule has 3 aromatic rings. The van der Waals surface area contributed by atoms with E-state index in [0.717, 1.165) is 11.8 Å². The molecule has 0 N–H and O–H groups in total. The lowest BCUT2D eigenvalue weighted by molar-refractivity contribution is -0.384. The van der Waals surface area contributed by atoms with Crippen LogP contribution in [0.25, 0.3) is 17.4 Å². The molecule has 2 heterocycles. The molecule has 1 aromatic heterocycles. The number of thioether (sulfide) groups is 1. The Morgan fingerprint density at radius 1 is 1.07 bits per heavy atom. The topological polar surface area (TPSA) is 106 Å². The van der Waals surface area contributed by atoms with Crippen LogP contribution in [0.15, 0.2) is 75.2 Å². The van der Waals surface area contributed by atoms with Crippen molar-refractivity contribution >= 4 is 57.3 Å². The zero-order valence-corrected chi connectivity index (χ0v) is 16.7. The fourth-order valence-corrected chi connectivity index (χ4v) is 4.09. The van der Waals surface area contributed by atoms with E-state index in [4.69, 9.17) is 16.6 Å². The van der Waals surface area contributed by atoms with Gasteiger partial charge >= 0.3 is 0 Å². The molecule has 1 saturated heterocycles. The zero-order chi connectivity index (χ0) is 21.3. The fourth-order valence-electron chi connectivity index (χ4n) is 2.82. The van der Waals surface area contributed by atoms with Crippen LogP contribution in [0, 0.1) is 15.0 Å². The van der Waals surface area contributed by atoms with E-state index in [-0.39, 0.29) is 17.3 Å². The monoisotopic (exact) mass is 437 g/mol. The molecule has 8 nitrogen and oxygen atoms in total. The third-order valence-electron chi connectivity index (χ3n) is 4.27. The van der Waals surface area contributed by atoms with E-state index < -0.39 is 4.92 Å². The van der Waals surface area contributed by atoms with Gasteiger partial charge in [0.2, 0.25) is 0 Å². The molecule has 148 valence electrons. The lowest BCUT2D eigenvalue weighted by Gasteiger charge is -2.14. The second-order valence-corrected chi connectivity index (χ2v) is 7.81. The van der Waals surface area contributed by atoms with E-state index in [1.54, 1.807) is 42.5 Å². The van der Waals surface area contributed by atoms with Crippen molar-refractivity contribution < 1.29 is 14.1 Å². The van der Waals surface area contributed by atoms with Crippen LogP contribution >= 0.6 is 24.0 Å². The van der Waals surface area contributed by atoms with Crippen molar-refractivity contribution in [3.63, 3.8) is 0 Å². The number of non-ortho nitro benzene ring substituents is 1. The molecule has 0 unspecified atom stereocenters. The predicted octanol–water partition coefficient (Wildman–Crippen LogP) is 5.66. The Morgan fingerprint density at radius 3 is 2.40 bits per heavy atom. The number of thiocarbonyl (C=S) groups is 1. The Kier molecular flexibility index (Phi) is 5.25. The second-order valence-electron chi connectivity index (χ2n) is 6.13. The molecule has 0 atom stereocenters. The summed E-state index contributed by atoms with van der Waals surface area (Å²) in [4.78, 5) is 35.4. The predicted molar refractivity (Wildman–Crippen MR) is 118 cm³/mol. The second kappa shape index (κ2) is 8.01. The summed E-state index contributed by atoms with van der Waals surface area (Å²) in [5.41, 5.74) is 1.47. The van der Waals surface area contributed by atoms with E-state index in [9.17, 15) is 19.8 Å². The van der Waals surface area contributed by atoms with Crippen LogP contribution in [-0.4, -0.2) is 15.2 Å². The first-order chi connectivity index (χ1) is 14.5. The maximum absolute atomic E-state index is 12.8. The number of hydrogen-bond acceptors (Lipinski definition) is 8. The highest BCUT2D eigenvalue weighted by Crippen LogP contribution is 2.37. The highest BCUT2D eigenvalue weighted by Gasteiger charge is 2.33. The SMILES string of the molecule is O=Nc1ccc(N2C(=O)C(=Cc3ccc(-c4ccc([N+](=O)[O-])cc4)o3)SC2=S)cc1. The van der Waals surface area contributed by atoms with E-state index >= 15 is 0 Å². The zero-order valence-electron chi connectivity index (χ0n) is 15.1. The summed E-state index contributed by atoms with van der Waals surface area (Å²) in [5.74, 6) is 0.665. The summed E-state index contributed by atoms with van der Waals surface area (Å²) in [6.45, 7) is 0. The Balaban J connectivity index is 1.56. The number of carbonyl (C=O) groups excluding carboxylic acids is 1. The first-order valence-electron chi connectivity index (χ1n) is 8.52. The number of nitro groups is 1. The standard InChI is InChI=1S/C20H11N3O5S2/c24-19-18(30-20(29)22(19)14-7-3-13(21-25)4-8-14)11-16-9-10-17(28-16)12-1-5-15(6-2-12)23(26)27/h1-11H. The summed E-state index contributed by atoms with van der Waals surface area (Å²) >= 11 is 6.47. The van der Waals surface area contributed by atoms with Crippen LogP contribution in [0.3, 0.4) is 0 Å². The number of rotatable bonds is 5. The van der Waals surface area contributed by atoms with Gasteiger partial charge in [0.15, 0.2) is 4.32 Å². The summed E-state index contributed by atoms with van der Waals surface area (Å²) < 4.78 is 6.13. The minimum atomic E-state index is -0.470. The number of benzene rings is 2. The first kappa shape index (κ1) is 19.7. The molecule has 1 aliphatic rings. The van der Waals surface area contributed by atoms with Crippen LogP contribution in [0.4, 0.5) is 17.1 Å². The number of nitro benzene ring substituents is 1. The van der Waals surface area contributed by atoms with Gasteiger partial charge in [0.1, 0.15) is 17.2 Å². The quantitative estimate of drug-likeness (QED) is 0.167. The van der Waals surface area contributed by atoms with Crippen molar-refractivity contribution in [2.75, 3.05) is 4.90 Å².